The number of anilines is 1. The predicted octanol–water partition coefficient (Wildman–Crippen LogP) is 2.08. The molecule has 0 spiro atoms. The van der Waals surface area contributed by atoms with Crippen LogP contribution >= 0.6 is 11.6 Å². The Hall–Kier alpha value is -2.37. The Morgan fingerprint density at radius 3 is 2.38 bits per heavy atom. The smallest absolute Gasteiger partial charge is 0.250 e. The molecule has 2 aromatic carbocycles. The van der Waals surface area contributed by atoms with Gasteiger partial charge in [-0.1, -0.05) is 41.9 Å². The predicted molar refractivity (Wildman–Crippen MR) is 82.0 cm³/mol. The van der Waals surface area contributed by atoms with Gasteiger partial charge in [0.1, 0.15) is 6.04 Å². The standard InChI is InChI=1S/C15H14ClN3O2/c16-12-7-6-10(8-11(12)14(18)20)19-15(21)13(17)9-4-2-1-3-5-9/h1-8,13H,17H2,(H2,18,20)(H,19,21). The van der Waals surface area contributed by atoms with Crippen molar-refractivity contribution in [1.29, 1.82) is 0 Å². The Morgan fingerprint density at radius 2 is 1.76 bits per heavy atom. The monoisotopic (exact) mass is 303 g/mol. The number of hydrogen-bond donors (Lipinski definition) is 3. The van der Waals surface area contributed by atoms with Crippen LogP contribution in [0.4, 0.5) is 5.69 Å². The van der Waals surface area contributed by atoms with Crippen LogP contribution in [0.1, 0.15) is 22.0 Å². The Bertz CT molecular complexity index is 674. The number of benzene rings is 2. The van der Waals surface area contributed by atoms with E-state index in [4.69, 9.17) is 23.1 Å². The van der Waals surface area contributed by atoms with Crippen LogP contribution in [-0.4, -0.2) is 11.8 Å². The van der Waals surface area contributed by atoms with Gasteiger partial charge in [0, 0.05) is 5.69 Å². The van der Waals surface area contributed by atoms with Gasteiger partial charge in [0.25, 0.3) is 0 Å². The summed E-state index contributed by atoms with van der Waals surface area (Å²) in [6.45, 7) is 0. The van der Waals surface area contributed by atoms with Crippen molar-refractivity contribution in [3.63, 3.8) is 0 Å². The summed E-state index contributed by atoms with van der Waals surface area (Å²) in [5.74, 6) is -1.05. The third-order valence-corrected chi connectivity index (χ3v) is 3.27. The number of primary amides is 1. The Morgan fingerprint density at radius 1 is 1.10 bits per heavy atom. The van der Waals surface area contributed by atoms with Crippen LogP contribution in [0.5, 0.6) is 0 Å². The average Bonchev–Trinajstić information content (AvgIpc) is 2.49. The van der Waals surface area contributed by atoms with Gasteiger partial charge in [0.05, 0.1) is 10.6 Å². The zero-order valence-electron chi connectivity index (χ0n) is 11.0. The molecule has 2 aromatic rings. The van der Waals surface area contributed by atoms with Crippen molar-refractivity contribution in [2.75, 3.05) is 5.32 Å². The number of hydrogen-bond acceptors (Lipinski definition) is 3. The first-order valence-corrected chi connectivity index (χ1v) is 6.57. The third-order valence-electron chi connectivity index (χ3n) is 2.94. The van der Waals surface area contributed by atoms with E-state index in [1.165, 1.54) is 12.1 Å². The molecule has 0 aliphatic rings. The summed E-state index contributed by atoms with van der Waals surface area (Å²) < 4.78 is 0. The molecule has 5 nitrogen and oxygen atoms in total. The quantitative estimate of drug-likeness (QED) is 0.806. The van der Waals surface area contributed by atoms with E-state index in [2.05, 4.69) is 5.32 Å². The highest BCUT2D eigenvalue weighted by Crippen LogP contribution is 2.21. The molecule has 0 saturated heterocycles. The van der Waals surface area contributed by atoms with Crippen molar-refractivity contribution >= 4 is 29.1 Å². The number of rotatable bonds is 4. The van der Waals surface area contributed by atoms with E-state index in [1.807, 2.05) is 6.07 Å². The molecule has 0 bridgehead atoms. The van der Waals surface area contributed by atoms with E-state index in [-0.39, 0.29) is 16.5 Å². The van der Waals surface area contributed by atoms with Crippen molar-refractivity contribution in [2.45, 2.75) is 6.04 Å². The molecule has 0 aliphatic heterocycles. The molecule has 0 radical (unpaired) electrons. The second kappa shape index (κ2) is 6.39. The van der Waals surface area contributed by atoms with Crippen molar-refractivity contribution < 1.29 is 9.59 Å². The minimum Gasteiger partial charge on any atom is -0.366 e. The highest BCUT2D eigenvalue weighted by atomic mass is 35.5. The lowest BCUT2D eigenvalue weighted by Gasteiger charge is -2.13. The lowest BCUT2D eigenvalue weighted by Crippen LogP contribution is -2.27. The largest absolute Gasteiger partial charge is 0.366 e. The normalized spacial score (nSPS) is 11.7. The molecule has 6 heteroatoms. The van der Waals surface area contributed by atoms with E-state index in [9.17, 15) is 9.59 Å². The van der Waals surface area contributed by atoms with Crippen LogP contribution in [0.15, 0.2) is 48.5 Å². The molecular weight excluding hydrogens is 290 g/mol. The molecule has 0 saturated carbocycles. The van der Waals surface area contributed by atoms with Crippen LogP contribution < -0.4 is 16.8 Å². The second-order valence-electron chi connectivity index (χ2n) is 4.44. The zero-order valence-corrected chi connectivity index (χ0v) is 11.8. The van der Waals surface area contributed by atoms with Crippen LogP contribution in [0.25, 0.3) is 0 Å². The number of carbonyl (C=O) groups excluding carboxylic acids is 2. The first-order chi connectivity index (χ1) is 9.99. The number of nitrogens with one attached hydrogen (secondary N) is 1. The maximum Gasteiger partial charge on any atom is 0.250 e. The SMILES string of the molecule is NC(=O)c1cc(NC(=O)C(N)c2ccccc2)ccc1Cl. The number of nitrogens with two attached hydrogens (primary N) is 2. The number of halogens is 1. The van der Waals surface area contributed by atoms with Gasteiger partial charge in [-0.05, 0) is 23.8 Å². The fourth-order valence-electron chi connectivity index (χ4n) is 1.82. The second-order valence-corrected chi connectivity index (χ2v) is 4.84. The summed E-state index contributed by atoms with van der Waals surface area (Å²) in [4.78, 5) is 23.3. The highest BCUT2D eigenvalue weighted by Gasteiger charge is 2.16. The lowest BCUT2D eigenvalue weighted by atomic mass is 10.1. The van der Waals surface area contributed by atoms with Gasteiger partial charge >= 0.3 is 0 Å². The summed E-state index contributed by atoms with van der Waals surface area (Å²) in [6, 6.07) is 12.6. The molecule has 0 heterocycles. The lowest BCUT2D eigenvalue weighted by molar-refractivity contribution is -0.117. The van der Waals surface area contributed by atoms with Crippen molar-refractivity contribution in [2.24, 2.45) is 11.5 Å². The summed E-state index contributed by atoms with van der Waals surface area (Å²) in [5, 5.41) is 2.86. The fourth-order valence-corrected chi connectivity index (χ4v) is 2.03. The molecule has 0 aliphatic carbocycles. The Balaban J connectivity index is 2.16. The van der Waals surface area contributed by atoms with Crippen molar-refractivity contribution in [1.82, 2.24) is 0 Å². The van der Waals surface area contributed by atoms with Crippen LogP contribution in [-0.2, 0) is 4.79 Å². The van der Waals surface area contributed by atoms with Gasteiger partial charge in [-0.2, -0.15) is 0 Å². The minimum absolute atomic E-state index is 0.141. The molecule has 21 heavy (non-hydrogen) atoms. The van der Waals surface area contributed by atoms with E-state index in [1.54, 1.807) is 30.3 Å². The van der Waals surface area contributed by atoms with E-state index in [0.29, 0.717) is 11.3 Å². The van der Waals surface area contributed by atoms with Crippen molar-refractivity contribution in [3.8, 4) is 0 Å². The van der Waals surface area contributed by atoms with Gasteiger partial charge < -0.3 is 16.8 Å². The van der Waals surface area contributed by atoms with Gasteiger partial charge in [-0.3, -0.25) is 9.59 Å². The van der Waals surface area contributed by atoms with Gasteiger partial charge in [-0.25, -0.2) is 0 Å². The molecule has 5 N–H and O–H groups in total. The molecule has 2 amide bonds. The number of amides is 2. The molecule has 0 fully saturated rings. The van der Waals surface area contributed by atoms with E-state index >= 15 is 0 Å². The van der Waals surface area contributed by atoms with Gasteiger partial charge in [-0.15, -0.1) is 0 Å². The first-order valence-electron chi connectivity index (χ1n) is 6.20. The zero-order chi connectivity index (χ0) is 15.4. The maximum absolute atomic E-state index is 12.1. The maximum atomic E-state index is 12.1. The Kier molecular flexibility index (Phi) is 4.57. The summed E-state index contributed by atoms with van der Waals surface area (Å²) >= 11 is 5.85. The summed E-state index contributed by atoms with van der Waals surface area (Å²) in [6.07, 6.45) is 0. The molecule has 0 aromatic heterocycles. The van der Waals surface area contributed by atoms with Gasteiger partial charge in [0.2, 0.25) is 11.8 Å². The van der Waals surface area contributed by atoms with Gasteiger partial charge in [0.15, 0.2) is 0 Å². The molecule has 1 atom stereocenters. The van der Waals surface area contributed by atoms with Crippen molar-refractivity contribution in [3.05, 3.63) is 64.7 Å². The third kappa shape index (κ3) is 3.59. The highest BCUT2D eigenvalue weighted by molar-refractivity contribution is 6.34. The molecule has 1 unspecified atom stereocenters. The average molecular weight is 304 g/mol. The topological polar surface area (TPSA) is 98.2 Å². The van der Waals surface area contributed by atoms with E-state index in [0.717, 1.165) is 0 Å². The van der Waals surface area contributed by atoms with Crippen LogP contribution in [0.3, 0.4) is 0 Å². The van der Waals surface area contributed by atoms with E-state index < -0.39 is 11.9 Å². The summed E-state index contributed by atoms with van der Waals surface area (Å²) in [5.41, 5.74) is 12.3. The molecule has 108 valence electrons. The minimum atomic E-state index is -0.807. The molecule has 2 rings (SSSR count). The fraction of sp³-hybridized carbons (Fsp3) is 0.0667. The van der Waals surface area contributed by atoms with Crippen LogP contribution in [0, 0.1) is 0 Å². The number of carbonyl (C=O) groups is 2. The summed E-state index contributed by atoms with van der Waals surface area (Å²) in [7, 11) is 0. The molecular formula is C15H14ClN3O2. The Labute approximate surface area is 126 Å². The van der Waals surface area contributed by atoms with Crippen LogP contribution in [0.2, 0.25) is 5.02 Å². The first kappa shape index (κ1) is 15.0.